The summed E-state index contributed by atoms with van der Waals surface area (Å²) in [5.74, 6) is 0. The van der Waals surface area contributed by atoms with Crippen LogP contribution in [0.3, 0.4) is 0 Å². The molecule has 0 aromatic carbocycles. The molecule has 6 heteroatoms. The number of rotatable bonds is 13. The predicted octanol–water partition coefficient (Wildman–Crippen LogP) is 8.55. The second-order valence-electron chi connectivity index (χ2n) is 11.5. The number of hydrogen-bond donors (Lipinski definition) is 1. The molecule has 0 aromatic rings. The Kier molecular flexibility index (Phi) is 14.4. The van der Waals surface area contributed by atoms with Crippen molar-refractivity contribution in [3.63, 3.8) is 0 Å². The summed E-state index contributed by atoms with van der Waals surface area (Å²) < 4.78 is 15.8. The van der Waals surface area contributed by atoms with E-state index in [1.807, 2.05) is 16.2 Å². The Morgan fingerprint density at radius 3 is 1.44 bits per heavy atom. The standard InChI is InChI=1S/C26H49IO3Si2/c1-25(2,3)31(7,8)29-23(18-14-11-12-17-21-28)22-24(19-15-13-16-20-27)30-32(9,10)26(4,5)6/h11-17,20,23-24,28H,18-19,21-22H2,1-10H3/b14-11+,15-13+,17-12+,20-16+/t23-,24+/m1/s1. The first-order chi connectivity index (χ1) is 14.6. The zero-order chi connectivity index (χ0) is 25.1. The van der Waals surface area contributed by atoms with Gasteiger partial charge in [-0.2, -0.15) is 0 Å². The van der Waals surface area contributed by atoms with Crippen molar-refractivity contribution in [2.45, 2.75) is 109 Å². The quantitative estimate of drug-likeness (QED) is 0.132. The third-order valence-corrected chi connectivity index (χ3v) is 16.2. The van der Waals surface area contributed by atoms with Crippen LogP contribution >= 0.6 is 22.6 Å². The molecule has 0 heterocycles. The zero-order valence-electron chi connectivity index (χ0n) is 22.2. The average molecular weight is 593 g/mol. The summed E-state index contributed by atoms with van der Waals surface area (Å²) in [5, 5.41) is 9.29. The van der Waals surface area contributed by atoms with Gasteiger partial charge in [-0.15, -0.1) is 0 Å². The summed E-state index contributed by atoms with van der Waals surface area (Å²) in [6.07, 6.45) is 17.0. The maximum Gasteiger partial charge on any atom is 0.192 e. The second kappa shape index (κ2) is 14.4. The van der Waals surface area contributed by atoms with E-state index in [4.69, 9.17) is 14.0 Å². The van der Waals surface area contributed by atoms with Crippen LogP contribution in [0.25, 0.3) is 0 Å². The first kappa shape index (κ1) is 32.0. The van der Waals surface area contributed by atoms with Crippen LogP contribution in [0.5, 0.6) is 0 Å². The molecule has 0 fully saturated rings. The molecule has 0 aliphatic rings. The van der Waals surface area contributed by atoms with E-state index >= 15 is 0 Å². The highest BCUT2D eigenvalue weighted by Crippen LogP contribution is 2.40. The maximum atomic E-state index is 8.97. The van der Waals surface area contributed by atoms with Crippen LogP contribution < -0.4 is 0 Å². The smallest absolute Gasteiger partial charge is 0.192 e. The van der Waals surface area contributed by atoms with E-state index in [0.717, 1.165) is 19.3 Å². The molecule has 0 rings (SSSR count). The number of aliphatic hydroxyl groups is 1. The van der Waals surface area contributed by atoms with E-state index in [1.54, 1.807) is 6.08 Å². The summed E-state index contributed by atoms with van der Waals surface area (Å²) in [6, 6.07) is 0. The van der Waals surface area contributed by atoms with Gasteiger partial charge in [-0.05, 0) is 59.6 Å². The van der Waals surface area contributed by atoms with Crippen molar-refractivity contribution in [2.75, 3.05) is 6.61 Å². The van der Waals surface area contributed by atoms with Crippen LogP contribution in [0.1, 0.15) is 60.8 Å². The highest BCUT2D eigenvalue weighted by Gasteiger charge is 2.41. The molecule has 2 atom stereocenters. The molecule has 3 nitrogen and oxygen atoms in total. The Balaban J connectivity index is 5.75. The van der Waals surface area contributed by atoms with Gasteiger partial charge in [0.05, 0.1) is 18.8 Å². The Bertz CT molecular complexity index is 638. The maximum absolute atomic E-state index is 8.97. The Hall–Kier alpha value is 0.00377. The molecular weight excluding hydrogens is 543 g/mol. The molecule has 0 aliphatic carbocycles. The molecule has 0 bridgehead atoms. The average Bonchev–Trinajstić information content (AvgIpc) is 2.62. The SMILES string of the molecule is CC(C)(C)[Si](C)(C)O[C@H](C/C=C/C=C/CO)C[C@H](C/C=C/C=C/I)O[Si](C)(C)C(C)(C)C. The van der Waals surface area contributed by atoms with Gasteiger partial charge in [0.2, 0.25) is 0 Å². The molecule has 0 radical (unpaired) electrons. The molecule has 0 aliphatic heterocycles. The minimum Gasteiger partial charge on any atom is -0.414 e. The fraction of sp³-hybridized carbons (Fsp3) is 0.692. The molecule has 186 valence electrons. The predicted molar refractivity (Wildman–Crippen MR) is 156 cm³/mol. The molecule has 32 heavy (non-hydrogen) atoms. The topological polar surface area (TPSA) is 38.7 Å². The fourth-order valence-electron chi connectivity index (χ4n) is 2.66. The highest BCUT2D eigenvalue weighted by molar-refractivity contribution is 14.1. The molecule has 0 aromatic heterocycles. The van der Waals surface area contributed by atoms with Crippen molar-refractivity contribution in [3.05, 3.63) is 46.6 Å². The molecule has 1 N–H and O–H groups in total. The summed E-state index contributed by atoms with van der Waals surface area (Å²) in [4.78, 5) is 0. The van der Waals surface area contributed by atoms with E-state index in [1.165, 1.54) is 0 Å². The van der Waals surface area contributed by atoms with Crippen molar-refractivity contribution in [1.29, 1.82) is 0 Å². The van der Waals surface area contributed by atoms with Crippen LogP contribution in [0.4, 0.5) is 0 Å². The number of aliphatic hydroxyl groups excluding tert-OH is 1. The highest BCUT2D eigenvalue weighted by atomic mass is 127. The van der Waals surface area contributed by atoms with E-state index in [0.29, 0.717) is 0 Å². The molecule has 0 saturated heterocycles. The van der Waals surface area contributed by atoms with E-state index in [2.05, 4.69) is 115 Å². The van der Waals surface area contributed by atoms with E-state index in [9.17, 15) is 0 Å². The molecule has 0 spiro atoms. The monoisotopic (exact) mass is 592 g/mol. The second-order valence-corrected chi connectivity index (χ2v) is 21.7. The minimum atomic E-state index is -1.92. The minimum absolute atomic E-state index is 0.0642. The lowest BCUT2D eigenvalue weighted by atomic mass is 10.1. The third-order valence-electron chi connectivity index (χ3n) is 6.67. The third kappa shape index (κ3) is 12.5. The first-order valence-electron chi connectivity index (χ1n) is 11.8. The molecule has 0 amide bonds. The Labute approximate surface area is 214 Å². The van der Waals surface area contributed by atoms with Gasteiger partial charge in [-0.3, -0.25) is 0 Å². The van der Waals surface area contributed by atoms with Crippen LogP contribution in [0.15, 0.2) is 46.6 Å². The van der Waals surface area contributed by atoms with Crippen LogP contribution in [0, 0.1) is 0 Å². The van der Waals surface area contributed by atoms with Crippen LogP contribution in [0.2, 0.25) is 36.3 Å². The van der Waals surface area contributed by atoms with Gasteiger partial charge in [0.15, 0.2) is 16.6 Å². The van der Waals surface area contributed by atoms with Crippen LogP contribution in [-0.4, -0.2) is 40.6 Å². The van der Waals surface area contributed by atoms with Gasteiger partial charge in [-0.25, -0.2) is 0 Å². The molecule has 0 unspecified atom stereocenters. The number of halogens is 1. The van der Waals surface area contributed by atoms with Gasteiger partial charge in [0.1, 0.15) is 0 Å². The van der Waals surface area contributed by atoms with Gasteiger partial charge >= 0.3 is 0 Å². The molecule has 0 saturated carbocycles. The lowest BCUT2D eigenvalue weighted by molar-refractivity contribution is 0.0948. The number of allylic oxidation sites excluding steroid dienone is 4. The van der Waals surface area contributed by atoms with Gasteiger partial charge in [-0.1, -0.05) is 107 Å². The normalized spacial score (nSPS) is 16.8. The summed E-state index contributed by atoms with van der Waals surface area (Å²) in [5.41, 5.74) is 0. The van der Waals surface area contributed by atoms with Gasteiger partial charge in [0.25, 0.3) is 0 Å². The largest absolute Gasteiger partial charge is 0.414 e. The first-order valence-corrected chi connectivity index (χ1v) is 18.8. The summed E-state index contributed by atoms with van der Waals surface area (Å²) >= 11 is 2.24. The van der Waals surface area contributed by atoms with Crippen molar-refractivity contribution in [2.24, 2.45) is 0 Å². The van der Waals surface area contributed by atoms with Gasteiger partial charge in [0, 0.05) is 0 Å². The summed E-state index contributed by atoms with van der Waals surface area (Å²) in [7, 11) is -3.82. The van der Waals surface area contributed by atoms with E-state index < -0.39 is 16.6 Å². The van der Waals surface area contributed by atoms with Crippen LogP contribution in [-0.2, 0) is 8.85 Å². The van der Waals surface area contributed by atoms with Crippen molar-refractivity contribution in [1.82, 2.24) is 0 Å². The lowest BCUT2D eigenvalue weighted by Gasteiger charge is -2.42. The van der Waals surface area contributed by atoms with Crippen molar-refractivity contribution in [3.8, 4) is 0 Å². The fourth-order valence-corrected chi connectivity index (χ4v) is 5.66. The Morgan fingerprint density at radius 2 is 1.09 bits per heavy atom. The lowest BCUT2D eigenvalue weighted by Crippen LogP contribution is -2.47. The molecular formula is C26H49IO3Si2. The van der Waals surface area contributed by atoms with Gasteiger partial charge < -0.3 is 14.0 Å². The summed E-state index contributed by atoms with van der Waals surface area (Å²) in [6.45, 7) is 23.1. The van der Waals surface area contributed by atoms with Crippen molar-refractivity contribution < 1.29 is 14.0 Å². The Morgan fingerprint density at radius 1 is 0.719 bits per heavy atom. The van der Waals surface area contributed by atoms with E-state index in [-0.39, 0.29) is 28.9 Å². The number of hydrogen-bond acceptors (Lipinski definition) is 3. The zero-order valence-corrected chi connectivity index (χ0v) is 26.4. The van der Waals surface area contributed by atoms with Crippen molar-refractivity contribution >= 4 is 39.2 Å².